The van der Waals surface area contributed by atoms with E-state index in [1.165, 1.54) is 11.3 Å². The molecule has 2 aromatic heterocycles. The van der Waals surface area contributed by atoms with E-state index >= 15 is 0 Å². The Balaban J connectivity index is 1.88. The minimum Gasteiger partial charge on any atom is -0.341 e. The molecule has 3 rings (SSSR count). The number of hydrogen-bond donors (Lipinski definition) is 1. The topological polar surface area (TPSA) is 71.0 Å². The molecule has 2 aromatic rings. The van der Waals surface area contributed by atoms with Gasteiger partial charge in [-0.1, -0.05) is 13.8 Å². The Morgan fingerprint density at radius 1 is 1.30 bits per heavy atom. The van der Waals surface area contributed by atoms with Gasteiger partial charge in [-0.15, -0.1) is 11.3 Å². The molecule has 0 radical (unpaired) electrons. The maximum Gasteiger partial charge on any atom is 0.276 e. The first kappa shape index (κ1) is 15.9. The van der Waals surface area contributed by atoms with Gasteiger partial charge in [-0.3, -0.25) is 10.1 Å². The van der Waals surface area contributed by atoms with Crippen molar-refractivity contribution in [2.24, 2.45) is 0 Å². The number of thiazole rings is 1. The van der Waals surface area contributed by atoms with Crippen LogP contribution in [-0.2, 0) is 0 Å². The lowest BCUT2D eigenvalue weighted by Crippen LogP contribution is -2.23. The molecule has 0 bridgehead atoms. The van der Waals surface area contributed by atoms with E-state index in [0.29, 0.717) is 16.8 Å². The van der Waals surface area contributed by atoms with Crippen molar-refractivity contribution in [3.05, 3.63) is 28.5 Å². The van der Waals surface area contributed by atoms with Crippen LogP contribution in [0.15, 0.2) is 12.3 Å². The number of aromatic nitrogens is 3. The smallest absolute Gasteiger partial charge is 0.276 e. The Labute approximate surface area is 140 Å². The number of nitrogens with zero attached hydrogens (tertiary/aromatic N) is 4. The lowest BCUT2D eigenvalue weighted by molar-refractivity contribution is 0.102. The van der Waals surface area contributed by atoms with Crippen LogP contribution in [0.25, 0.3) is 0 Å². The molecule has 0 unspecified atom stereocenters. The number of aryl methyl sites for hydroxylation is 1. The summed E-state index contributed by atoms with van der Waals surface area (Å²) >= 11 is 1.45. The third-order valence-corrected chi connectivity index (χ3v) is 4.62. The molecular weight excluding hydrogens is 310 g/mol. The van der Waals surface area contributed by atoms with Crippen molar-refractivity contribution in [2.75, 3.05) is 23.3 Å². The summed E-state index contributed by atoms with van der Waals surface area (Å²) in [7, 11) is 0. The fraction of sp³-hybridized carbons (Fsp3) is 0.500. The summed E-state index contributed by atoms with van der Waals surface area (Å²) in [6, 6.07) is 1.78. The second-order valence-corrected chi connectivity index (χ2v) is 7.29. The zero-order valence-corrected chi connectivity index (χ0v) is 14.5. The number of carbonyl (C=O) groups excluding carboxylic acids is 1. The van der Waals surface area contributed by atoms with E-state index in [9.17, 15) is 4.79 Å². The number of rotatable bonds is 4. The summed E-state index contributed by atoms with van der Waals surface area (Å²) in [5, 5.41) is 3.42. The van der Waals surface area contributed by atoms with Gasteiger partial charge in [0.2, 0.25) is 5.95 Å². The second-order valence-electron chi connectivity index (χ2n) is 6.06. The highest BCUT2D eigenvalue weighted by atomic mass is 32.1. The van der Waals surface area contributed by atoms with Gasteiger partial charge in [0.15, 0.2) is 5.13 Å². The average Bonchev–Trinajstić information content (AvgIpc) is 3.18. The van der Waals surface area contributed by atoms with Crippen LogP contribution >= 0.6 is 11.3 Å². The predicted molar refractivity (Wildman–Crippen MR) is 92.4 cm³/mol. The van der Waals surface area contributed by atoms with E-state index in [-0.39, 0.29) is 11.8 Å². The number of hydrogen-bond acceptors (Lipinski definition) is 6. The monoisotopic (exact) mass is 331 g/mol. The van der Waals surface area contributed by atoms with Gasteiger partial charge < -0.3 is 4.90 Å². The van der Waals surface area contributed by atoms with Crippen LogP contribution in [0.5, 0.6) is 0 Å². The van der Waals surface area contributed by atoms with E-state index in [2.05, 4.69) is 39.0 Å². The molecule has 1 N–H and O–H groups in total. The SMILES string of the molecule is Cc1cnc(NC(=O)c2cc(C(C)C)nc(N3CCCC3)n2)s1. The van der Waals surface area contributed by atoms with Crippen LogP contribution in [0.4, 0.5) is 11.1 Å². The first-order valence-corrected chi connectivity index (χ1v) is 8.72. The van der Waals surface area contributed by atoms with Gasteiger partial charge >= 0.3 is 0 Å². The molecule has 0 aliphatic carbocycles. The molecule has 23 heavy (non-hydrogen) atoms. The molecular formula is C16H21N5OS. The Bertz CT molecular complexity index is 706. The normalized spacial score (nSPS) is 14.5. The van der Waals surface area contributed by atoms with Crippen molar-refractivity contribution < 1.29 is 4.79 Å². The quantitative estimate of drug-likeness (QED) is 0.931. The molecule has 1 fully saturated rings. The highest BCUT2D eigenvalue weighted by molar-refractivity contribution is 7.15. The summed E-state index contributed by atoms with van der Waals surface area (Å²) in [6.45, 7) is 8.01. The molecule has 0 atom stereocenters. The zero-order chi connectivity index (χ0) is 16.4. The minimum atomic E-state index is -0.232. The number of carbonyl (C=O) groups is 1. The molecule has 6 nitrogen and oxygen atoms in total. The summed E-state index contributed by atoms with van der Waals surface area (Å²) in [6.07, 6.45) is 4.04. The molecule has 1 saturated heterocycles. The third-order valence-electron chi connectivity index (χ3n) is 3.79. The molecule has 1 aliphatic rings. The first-order chi connectivity index (χ1) is 11.0. The lowest BCUT2D eigenvalue weighted by Gasteiger charge is -2.18. The van der Waals surface area contributed by atoms with E-state index in [1.807, 2.05) is 6.92 Å². The lowest BCUT2D eigenvalue weighted by atomic mass is 10.1. The largest absolute Gasteiger partial charge is 0.341 e. The van der Waals surface area contributed by atoms with Crippen molar-refractivity contribution in [3.8, 4) is 0 Å². The average molecular weight is 331 g/mol. The standard InChI is InChI=1S/C16H21N5OS/c1-10(2)12-8-13(14(22)20-16-17-9-11(3)23-16)19-15(18-12)21-6-4-5-7-21/h8-10H,4-7H2,1-3H3,(H,17,20,22). The van der Waals surface area contributed by atoms with E-state index in [0.717, 1.165) is 36.5 Å². The summed E-state index contributed by atoms with van der Waals surface area (Å²) in [5.41, 5.74) is 1.29. The maximum atomic E-state index is 12.5. The van der Waals surface area contributed by atoms with E-state index in [1.54, 1.807) is 12.3 Å². The Hall–Kier alpha value is -2.02. The molecule has 122 valence electrons. The zero-order valence-electron chi connectivity index (χ0n) is 13.7. The van der Waals surface area contributed by atoms with Gasteiger partial charge in [0.05, 0.1) is 0 Å². The highest BCUT2D eigenvalue weighted by Crippen LogP contribution is 2.22. The van der Waals surface area contributed by atoms with Crippen molar-refractivity contribution >= 4 is 28.3 Å². The molecule has 0 saturated carbocycles. The van der Waals surface area contributed by atoms with Gasteiger partial charge in [0.1, 0.15) is 5.69 Å². The third kappa shape index (κ3) is 3.67. The van der Waals surface area contributed by atoms with Gasteiger partial charge in [-0.05, 0) is 31.7 Å². The van der Waals surface area contributed by atoms with Crippen molar-refractivity contribution in [1.82, 2.24) is 15.0 Å². The summed E-state index contributed by atoms with van der Waals surface area (Å²) in [5.74, 6) is 0.672. The molecule has 7 heteroatoms. The Kier molecular flexibility index (Phi) is 4.56. The van der Waals surface area contributed by atoms with Gasteiger partial charge in [0, 0.05) is 29.9 Å². The molecule has 0 aromatic carbocycles. The second kappa shape index (κ2) is 6.62. The fourth-order valence-electron chi connectivity index (χ4n) is 2.50. The summed E-state index contributed by atoms with van der Waals surface area (Å²) < 4.78 is 0. The molecule has 3 heterocycles. The van der Waals surface area contributed by atoms with E-state index < -0.39 is 0 Å². The number of nitrogens with one attached hydrogen (secondary N) is 1. The van der Waals surface area contributed by atoms with Crippen LogP contribution in [-0.4, -0.2) is 33.9 Å². The Morgan fingerprint density at radius 2 is 2.04 bits per heavy atom. The van der Waals surface area contributed by atoms with Crippen LogP contribution in [0.3, 0.4) is 0 Å². The van der Waals surface area contributed by atoms with Gasteiger partial charge in [-0.2, -0.15) is 0 Å². The molecule has 1 amide bonds. The van der Waals surface area contributed by atoms with Crippen molar-refractivity contribution in [3.63, 3.8) is 0 Å². The summed E-state index contributed by atoms with van der Waals surface area (Å²) in [4.78, 5) is 29.0. The molecule has 1 aliphatic heterocycles. The van der Waals surface area contributed by atoms with Gasteiger partial charge in [-0.25, -0.2) is 15.0 Å². The minimum absolute atomic E-state index is 0.232. The van der Waals surface area contributed by atoms with Crippen LogP contribution in [0.2, 0.25) is 0 Å². The molecule has 0 spiro atoms. The van der Waals surface area contributed by atoms with Gasteiger partial charge in [0.25, 0.3) is 5.91 Å². The van der Waals surface area contributed by atoms with E-state index in [4.69, 9.17) is 0 Å². The number of anilines is 2. The number of amides is 1. The fourth-order valence-corrected chi connectivity index (χ4v) is 3.16. The van der Waals surface area contributed by atoms with Crippen LogP contribution in [0.1, 0.15) is 53.7 Å². The predicted octanol–water partition coefficient (Wildman–Crippen LogP) is 3.22. The van der Waals surface area contributed by atoms with Crippen molar-refractivity contribution in [1.29, 1.82) is 0 Å². The van der Waals surface area contributed by atoms with Crippen LogP contribution < -0.4 is 10.2 Å². The van der Waals surface area contributed by atoms with Crippen LogP contribution in [0, 0.1) is 6.92 Å². The maximum absolute atomic E-state index is 12.5. The first-order valence-electron chi connectivity index (χ1n) is 7.90. The van der Waals surface area contributed by atoms with Crippen molar-refractivity contribution in [2.45, 2.75) is 39.5 Å². The highest BCUT2D eigenvalue weighted by Gasteiger charge is 2.20. The Morgan fingerprint density at radius 3 is 2.65 bits per heavy atom.